The maximum Gasteiger partial charge on any atom is 0.192 e. The van der Waals surface area contributed by atoms with E-state index in [4.69, 9.17) is 4.43 Å². The van der Waals surface area contributed by atoms with Gasteiger partial charge in [0.05, 0.1) is 10.9 Å². The van der Waals surface area contributed by atoms with Gasteiger partial charge in [0, 0.05) is 6.21 Å². The summed E-state index contributed by atoms with van der Waals surface area (Å²) in [5, 5.41) is 0.179. The molecule has 0 saturated heterocycles. The zero-order valence-corrected chi connectivity index (χ0v) is 15.1. The first-order valence-corrected chi connectivity index (χ1v) is 10.4. The van der Waals surface area contributed by atoms with Crippen LogP contribution >= 0.6 is 0 Å². The van der Waals surface area contributed by atoms with Crippen LogP contribution in [0, 0.1) is 0 Å². The van der Waals surface area contributed by atoms with E-state index in [-0.39, 0.29) is 15.9 Å². The molecule has 0 radical (unpaired) electrons. The summed E-state index contributed by atoms with van der Waals surface area (Å²) in [5.74, 6) is 0. The summed E-state index contributed by atoms with van der Waals surface area (Å²) in [4.78, 5) is 0. The molecular formula is C13H29NO2SSi. The molecule has 0 fully saturated rings. The van der Waals surface area contributed by atoms with E-state index in [1.165, 1.54) is 0 Å². The maximum absolute atomic E-state index is 11.8. The van der Waals surface area contributed by atoms with E-state index in [0.717, 1.165) is 0 Å². The van der Waals surface area contributed by atoms with Gasteiger partial charge in [0.1, 0.15) is 11.0 Å². The van der Waals surface area contributed by atoms with E-state index in [1.54, 1.807) is 6.21 Å². The summed E-state index contributed by atoms with van der Waals surface area (Å²) >= 11 is 0. The molecule has 1 unspecified atom stereocenters. The van der Waals surface area contributed by atoms with Crippen LogP contribution in [0.15, 0.2) is 4.40 Å². The molecule has 0 spiro atoms. The third kappa shape index (κ3) is 5.76. The Hall–Kier alpha value is -0.00312. The van der Waals surface area contributed by atoms with E-state index in [1.807, 2.05) is 27.7 Å². The van der Waals surface area contributed by atoms with Gasteiger partial charge in [-0.15, -0.1) is 0 Å². The third-order valence-electron chi connectivity index (χ3n) is 3.18. The van der Waals surface area contributed by atoms with Crippen molar-refractivity contribution in [3.63, 3.8) is 0 Å². The number of hydrogen-bond donors (Lipinski definition) is 0. The van der Waals surface area contributed by atoms with Crippen LogP contribution in [0.25, 0.3) is 0 Å². The quantitative estimate of drug-likeness (QED) is 0.581. The standard InChI is InChI=1S/C13H29NO2SSi/c1-11(10-14-17(15)12(2,3)4)16-18(8,9)13(5,6)7/h10-11H,1-9H3/b14-10+/t11-,17?/m0/s1. The monoisotopic (exact) mass is 291 g/mol. The Morgan fingerprint density at radius 2 is 1.61 bits per heavy atom. The molecule has 0 aromatic rings. The molecule has 108 valence electrons. The Kier molecular flexibility index (Phi) is 5.97. The lowest BCUT2D eigenvalue weighted by Crippen LogP contribution is -2.43. The first kappa shape index (κ1) is 18.0. The first-order valence-electron chi connectivity index (χ1n) is 6.41. The average molecular weight is 292 g/mol. The molecule has 18 heavy (non-hydrogen) atoms. The van der Waals surface area contributed by atoms with Crippen LogP contribution in [0.3, 0.4) is 0 Å². The van der Waals surface area contributed by atoms with Crippen LogP contribution < -0.4 is 0 Å². The SMILES string of the molecule is C[C@@H](/C=N/S(=O)C(C)(C)C)O[Si](C)(C)C(C)(C)C. The van der Waals surface area contributed by atoms with Crippen molar-refractivity contribution in [2.45, 2.75) is 77.4 Å². The molecule has 0 amide bonds. The van der Waals surface area contributed by atoms with Crippen molar-refractivity contribution >= 4 is 25.5 Å². The normalized spacial score (nSPS) is 18.1. The molecule has 0 bridgehead atoms. The molecule has 3 nitrogen and oxygen atoms in total. The summed E-state index contributed by atoms with van der Waals surface area (Å²) < 4.78 is 21.7. The van der Waals surface area contributed by atoms with Crippen molar-refractivity contribution in [3.05, 3.63) is 0 Å². The van der Waals surface area contributed by atoms with E-state index < -0.39 is 19.3 Å². The van der Waals surface area contributed by atoms with Gasteiger partial charge >= 0.3 is 0 Å². The second kappa shape index (κ2) is 5.97. The van der Waals surface area contributed by atoms with Gasteiger partial charge in [-0.2, -0.15) is 4.40 Å². The highest BCUT2D eigenvalue weighted by atomic mass is 32.2. The van der Waals surface area contributed by atoms with Gasteiger partial charge in [-0.3, -0.25) is 0 Å². The van der Waals surface area contributed by atoms with E-state index >= 15 is 0 Å². The molecule has 0 aliphatic rings. The molecule has 0 heterocycles. The molecule has 0 aromatic heterocycles. The van der Waals surface area contributed by atoms with Crippen LogP contribution in [0.2, 0.25) is 18.1 Å². The highest BCUT2D eigenvalue weighted by Gasteiger charge is 2.38. The number of hydrogen-bond acceptors (Lipinski definition) is 2. The zero-order valence-electron chi connectivity index (χ0n) is 13.3. The van der Waals surface area contributed by atoms with Crippen molar-refractivity contribution < 1.29 is 8.63 Å². The lowest BCUT2D eigenvalue weighted by molar-refractivity contribution is 0.264. The van der Waals surface area contributed by atoms with E-state index in [9.17, 15) is 4.21 Å². The van der Waals surface area contributed by atoms with Crippen molar-refractivity contribution in [2.75, 3.05) is 0 Å². The zero-order chi connectivity index (χ0) is 14.8. The Morgan fingerprint density at radius 3 is 1.94 bits per heavy atom. The fourth-order valence-electron chi connectivity index (χ4n) is 0.971. The van der Waals surface area contributed by atoms with Crippen molar-refractivity contribution in [1.29, 1.82) is 0 Å². The average Bonchev–Trinajstić information content (AvgIpc) is 2.09. The van der Waals surface area contributed by atoms with E-state index in [0.29, 0.717) is 0 Å². The van der Waals surface area contributed by atoms with Gasteiger partial charge in [0.15, 0.2) is 8.32 Å². The Labute approximate surface area is 116 Å². The Bertz CT molecular complexity index is 327. The summed E-state index contributed by atoms with van der Waals surface area (Å²) in [7, 11) is -2.98. The van der Waals surface area contributed by atoms with Gasteiger partial charge in [0.25, 0.3) is 0 Å². The van der Waals surface area contributed by atoms with Crippen LogP contribution in [-0.4, -0.2) is 29.6 Å². The number of nitrogens with zero attached hydrogens (tertiary/aromatic N) is 1. The van der Waals surface area contributed by atoms with Crippen molar-refractivity contribution in [2.24, 2.45) is 4.40 Å². The minimum atomic E-state index is -1.78. The lowest BCUT2D eigenvalue weighted by atomic mass is 10.2. The summed E-state index contributed by atoms with van der Waals surface area (Å²) in [5.41, 5.74) is 0. The summed E-state index contributed by atoms with van der Waals surface area (Å²) in [6.45, 7) is 18.7. The topological polar surface area (TPSA) is 38.7 Å². The maximum atomic E-state index is 11.8. The molecule has 0 rings (SSSR count). The molecule has 0 saturated carbocycles. The molecule has 5 heteroatoms. The minimum absolute atomic E-state index is 0.0859. The number of rotatable bonds is 4. The second-order valence-electron chi connectivity index (χ2n) is 7.20. The first-order chi connectivity index (χ1) is 7.77. The van der Waals surface area contributed by atoms with Gasteiger partial charge in [-0.1, -0.05) is 20.8 Å². The summed E-state index contributed by atoms with van der Waals surface area (Å²) in [6, 6.07) is 0. The van der Waals surface area contributed by atoms with Gasteiger partial charge in [-0.05, 0) is 45.8 Å². The van der Waals surface area contributed by atoms with Crippen molar-refractivity contribution in [1.82, 2.24) is 0 Å². The van der Waals surface area contributed by atoms with Gasteiger partial charge < -0.3 is 4.43 Å². The lowest BCUT2D eigenvalue weighted by Gasteiger charge is -2.37. The highest BCUT2D eigenvalue weighted by molar-refractivity contribution is 7.85. The molecular weight excluding hydrogens is 262 g/mol. The molecule has 2 atom stereocenters. The van der Waals surface area contributed by atoms with Gasteiger partial charge in [0.2, 0.25) is 0 Å². The van der Waals surface area contributed by atoms with Crippen LogP contribution in [-0.2, 0) is 15.4 Å². The Balaban J connectivity index is 4.59. The third-order valence-corrected chi connectivity index (χ3v) is 9.11. The largest absolute Gasteiger partial charge is 0.409 e. The summed E-state index contributed by atoms with van der Waals surface area (Å²) in [6.07, 6.45) is 1.60. The van der Waals surface area contributed by atoms with Crippen LogP contribution in [0.4, 0.5) is 0 Å². The molecule has 0 aliphatic carbocycles. The van der Waals surface area contributed by atoms with Crippen LogP contribution in [0.1, 0.15) is 48.5 Å². The highest BCUT2D eigenvalue weighted by Crippen LogP contribution is 2.37. The molecule has 0 aromatic carbocycles. The minimum Gasteiger partial charge on any atom is -0.409 e. The Morgan fingerprint density at radius 1 is 1.17 bits per heavy atom. The second-order valence-corrected chi connectivity index (χ2v) is 13.9. The fourth-order valence-corrected chi connectivity index (χ4v) is 2.91. The molecule has 0 aliphatic heterocycles. The van der Waals surface area contributed by atoms with Crippen LogP contribution in [0.5, 0.6) is 0 Å². The molecule has 0 N–H and O–H groups in total. The van der Waals surface area contributed by atoms with Crippen molar-refractivity contribution in [3.8, 4) is 0 Å². The predicted octanol–water partition coefficient (Wildman–Crippen LogP) is 3.93. The van der Waals surface area contributed by atoms with E-state index in [2.05, 4.69) is 38.3 Å². The smallest absolute Gasteiger partial charge is 0.192 e. The fraction of sp³-hybridized carbons (Fsp3) is 0.923. The predicted molar refractivity (Wildman–Crippen MR) is 84.1 cm³/mol. The van der Waals surface area contributed by atoms with Gasteiger partial charge in [-0.25, -0.2) is 4.21 Å².